The highest BCUT2D eigenvalue weighted by Crippen LogP contribution is 2.44. The maximum atomic E-state index is 9.46. The summed E-state index contributed by atoms with van der Waals surface area (Å²) in [7, 11) is 1.64. The first kappa shape index (κ1) is 11.3. The fourth-order valence-electron chi connectivity index (χ4n) is 2.75. The Hall–Kier alpha value is -1.22. The van der Waals surface area contributed by atoms with Gasteiger partial charge in [0.1, 0.15) is 11.5 Å². The lowest BCUT2D eigenvalue weighted by atomic mass is 9.78. The van der Waals surface area contributed by atoms with Gasteiger partial charge in [0, 0.05) is 23.6 Å². The maximum absolute atomic E-state index is 9.46. The third-order valence-corrected chi connectivity index (χ3v) is 3.71. The topological polar surface area (TPSA) is 55.5 Å². The molecule has 0 aliphatic heterocycles. The minimum atomic E-state index is 0.0546. The number of benzene rings is 1. The van der Waals surface area contributed by atoms with E-state index in [-0.39, 0.29) is 11.2 Å². The average molecular weight is 221 g/mol. The Kier molecular flexibility index (Phi) is 3.06. The van der Waals surface area contributed by atoms with Gasteiger partial charge in [0.2, 0.25) is 0 Å². The fraction of sp³-hybridized carbons (Fsp3) is 0.538. The molecular weight excluding hydrogens is 202 g/mol. The first-order valence-corrected chi connectivity index (χ1v) is 5.79. The van der Waals surface area contributed by atoms with Crippen LogP contribution in [0.15, 0.2) is 18.2 Å². The van der Waals surface area contributed by atoms with Crippen LogP contribution in [0, 0.1) is 0 Å². The standard InChI is InChI=1S/C13H19NO2/c1-16-12-8-10(15)4-5-11(12)13(9-14)6-2-3-7-13/h4-5,8,15H,2-3,6-7,9,14H2,1H3. The van der Waals surface area contributed by atoms with Gasteiger partial charge in [-0.3, -0.25) is 0 Å². The van der Waals surface area contributed by atoms with Crippen molar-refractivity contribution < 1.29 is 9.84 Å². The molecule has 88 valence electrons. The fourth-order valence-corrected chi connectivity index (χ4v) is 2.75. The van der Waals surface area contributed by atoms with E-state index in [0.717, 1.165) is 24.2 Å². The van der Waals surface area contributed by atoms with Gasteiger partial charge in [0.15, 0.2) is 0 Å². The molecule has 0 heterocycles. The van der Waals surface area contributed by atoms with Crippen molar-refractivity contribution in [2.24, 2.45) is 5.73 Å². The Morgan fingerprint density at radius 2 is 2.06 bits per heavy atom. The first-order valence-electron chi connectivity index (χ1n) is 5.79. The van der Waals surface area contributed by atoms with Crippen LogP contribution in [0.25, 0.3) is 0 Å². The van der Waals surface area contributed by atoms with Crippen LogP contribution in [0.5, 0.6) is 11.5 Å². The van der Waals surface area contributed by atoms with Gasteiger partial charge in [0.25, 0.3) is 0 Å². The van der Waals surface area contributed by atoms with Gasteiger partial charge in [-0.1, -0.05) is 18.9 Å². The molecular formula is C13H19NO2. The van der Waals surface area contributed by atoms with Crippen LogP contribution in [0.1, 0.15) is 31.2 Å². The van der Waals surface area contributed by atoms with Crippen LogP contribution in [0.2, 0.25) is 0 Å². The molecule has 1 saturated carbocycles. The largest absolute Gasteiger partial charge is 0.508 e. The summed E-state index contributed by atoms with van der Waals surface area (Å²) in [4.78, 5) is 0. The van der Waals surface area contributed by atoms with Crippen LogP contribution >= 0.6 is 0 Å². The molecule has 3 heteroatoms. The summed E-state index contributed by atoms with van der Waals surface area (Å²) < 4.78 is 5.35. The number of ether oxygens (including phenoxy) is 1. The number of hydrogen-bond acceptors (Lipinski definition) is 3. The lowest BCUT2D eigenvalue weighted by Crippen LogP contribution is -2.32. The molecule has 0 aromatic heterocycles. The Morgan fingerprint density at radius 3 is 2.62 bits per heavy atom. The Labute approximate surface area is 96.2 Å². The molecule has 0 radical (unpaired) electrons. The average Bonchev–Trinajstić information content (AvgIpc) is 2.78. The van der Waals surface area contributed by atoms with Crippen molar-refractivity contribution in [3.8, 4) is 11.5 Å². The predicted molar refractivity (Wildman–Crippen MR) is 63.9 cm³/mol. The molecule has 3 nitrogen and oxygen atoms in total. The summed E-state index contributed by atoms with van der Waals surface area (Å²) in [5, 5.41) is 9.46. The highest BCUT2D eigenvalue weighted by Gasteiger charge is 2.36. The molecule has 0 saturated heterocycles. The van der Waals surface area contributed by atoms with Gasteiger partial charge < -0.3 is 15.6 Å². The zero-order valence-electron chi connectivity index (χ0n) is 9.70. The van der Waals surface area contributed by atoms with E-state index in [1.807, 2.05) is 6.07 Å². The van der Waals surface area contributed by atoms with E-state index >= 15 is 0 Å². The van der Waals surface area contributed by atoms with Crippen molar-refractivity contribution in [2.75, 3.05) is 13.7 Å². The Morgan fingerprint density at radius 1 is 1.38 bits per heavy atom. The highest BCUT2D eigenvalue weighted by atomic mass is 16.5. The minimum Gasteiger partial charge on any atom is -0.508 e. The van der Waals surface area contributed by atoms with E-state index in [1.54, 1.807) is 19.2 Å². The number of nitrogens with two attached hydrogens (primary N) is 1. The number of phenols is 1. The van der Waals surface area contributed by atoms with Gasteiger partial charge in [-0.25, -0.2) is 0 Å². The molecule has 3 N–H and O–H groups in total. The summed E-state index contributed by atoms with van der Waals surface area (Å²) >= 11 is 0. The zero-order chi connectivity index (χ0) is 11.6. The second-order valence-corrected chi connectivity index (χ2v) is 4.58. The summed E-state index contributed by atoms with van der Waals surface area (Å²) in [6.45, 7) is 0.647. The molecule has 1 aliphatic carbocycles. The third kappa shape index (κ3) is 1.76. The first-order chi connectivity index (χ1) is 7.72. The second-order valence-electron chi connectivity index (χ2n) is 4.58. The number of aromatic hydroxyl groups is 1. The van der Waals surface area contributed by atoms with Gasteiger partial charge in [-0.2, -0.15) is 0 Å². The molecule has 0 spiro atoms. The summed E-state index contributed by atoms with van der Waals surface area (Å²) in [6.07, 6.45) is 4.68. The smallest absolute Gasteiger partial charge is 0.126 e. The van der Waals surface area contributed by atoms with Crippen LogP contribution in [-0.2, 0) is 5.41 Å². The minimum absolute atomic E-state index is 0.0546. The van der Waals surface area contributed by atoms with Crippen molar-refractivity contribution in [1.82, 2.24) is 0 Å². The van der Waals surface area contributed by atoms with E-state index < -0.39 is 0 Å². The SMILES string of the molecule is COc1cc(O)ccc1C1(CN)CCCC1. The summed E-state index contributed by atoms with van der Waals surface area (Å²) in [5.41, 5.74) is 7.15. The Bertz CT molecular complexity index is 370. The molecule has 0 amide bonds. The van der Waals surface area contributed by atoms with Crippen molar-refractivity contribution in [3.63, 3.8) is 0 Å². The van der Waals surface area contributed by atoms with Crippen LogP contribution in [0.4, 0.5) is 0 Å². The van der Waals surface area contributed by atoms with Crippen LogP contribution < -0.4 is 10.5 Å². The van der Waals surface area contributed by atoms with E-state index in [2.05, 4.69) is 0 Å². The lowest BCUT2D eigenvalue weighted by molar-refractivity contribution is 0.373. The van der Waals surface area contributed by atoms with E-state index in [4.69, 9.17) is 10.5 Å². The van der Waals surface area contributed by atoms with E-state index in [9.17, 15) is 5.11 Å². The third-order valence-electron chi connectivity index (χ3n) is 3.71. The molecule has 0 unspecified atom stereocenters. The molecule has 1 aliphatic rings. The molecule has 0 atom stereocenters. The van der Waals surface area contributed by atoms with Crippen LogP contribution in [0.3, 0.4) is 0 Å². The van der Waals surface area contributed by atoms with Crippen molar-refractivity contribution in [1.29, 1.82) is 0 Å². The van der Waals surface area contributed by atoms with Gasteiger partial charge in [-0.15, -0.1) is 0 Å². The van der Waals surface area contributed by atoms with Crippen molar-refractivity contribution in [3.05, 3.63) is 23.8 Å². The summed E-state index contributed by atoms with van der Waals surface area (Å²) in [5.74, 6) is 0.998. The molecule has 1 fully saturated rings. The molecule has 0 bridgehead atoms. The lowest BCUT2D eigenvalue weighted by Gasteiger charge is -2.29. The number of rotatable bonds is 3. The molecule has 2 rings (SSSR count). The van der Waals surface area contributed by atoms with Crippen molar-refractivity contribution in [2.45, 2.75) is 31.1 Å². The predicted octanol–water partition coefficient (Wildman–Crippen LogP) is 2.17. The Balaban J connectivity index is 2.45. The monoisotopic (exact) mass is 221 g/mol. The second kappa shape index (κ2) is 4.34. The number of phenolic OH excluding ortho intramolecular Hbond substituents is 1. The number of methoxy groups -OCH3 is 1. The maximum Gasteiger partial charge on any atom is 0.126 e. The van der Waals surface area contributed by atoms with E-state index in [1.165, 1.54) is 12.8 Å². The quantitative estimate of drug-likeness (QED) is 0.822. The highest BCUT2D eigenvalue weighted by molar-refractivity contribution is 5.45. The van der Waals surface area contributed by atoms with Gasteiger partial charge in [-0.05, 0) is 18.9 Å². The molecule has 16 heavy (non-hydrogen) atoms. The van der Waals surface area contributed by atoms with E-state index in [0.29, 0.717) is 6.54 Å². The number of hydrogen-bond donors (Lipinski definition) is 2. The van der Waals surface area contributed by atoms with Crippen LogP contribution in [-0.4, -0.2) is 18.8 Å². The summed E-state index contributed by atoms with van der Waals surface area (Å²) in [6, 6.07) is 5.34. The molecule has 1 aromatic carbocycles. The molecule has 1 aromatic rings. The van der Waals surface area contributed by atoms with Gasteiger partial charge in [0.05, 0.1) is 7.11 Å². The zero-order valence-corrected chi connectivity index (χ0v) is 9.70. The normalized spacial score (nSPS) is 18.6. The van der Waals surface area contributed by atoms with Gasteiger partial charge >= 0.3 is 0 Å². The van der Waals surface area contributed by atoms with Crippen molar-refractivity contribution >= 4 is 0 Å².